The SMILES string of the molecule is CC(C)C[C@@H]1OC[C@H]2OC(N)=N[C@](C)(c3cc(NC(=O)c4cnc(OC[C@@H](C)F)cn4)ccc3F)[C@@H]12. The third-order valence-electron chi connectivity index (χ3n) is 6.33. The van der Waals surface area contributed by atoms with Gasteiger partial charge in [-0.3, -0.25) is 4.79 Å². The maximum Gasteiger partial charge on any atom is 0.283 e. The lowest BCUT2D eigenvalue weighted by molar-refractivity contribution is 0.0434. The van der Waals surface area contributed by atoms with Crippen LogP contribution < -0.4 is 15.8 Å². The number of alkyl halides is 1. The number of nitrogens with zero attached hydrogens (tertiary/aromatic N) is 3. The highest BCUT2D eigenvalue weighted by Gasteiger charge is 2.54. The van der Waals surface area contributed by atoms with Gasteiger partial charge >= 0.3 is 0 Å². The molecule has 4 rings (SSSR count). The fourth-order valence-electron chi connectivity index (χ4n) is 4.79. The van der Waals surface area contributed by atoms with Gasteiger partial charge in [-0.1, -0.05) is 13.8 Å². The highest BCUT2D eigenvalue weighted by atomic mass is 19.1. The van der Waals surface area contributed by atoms with Crippen molar-refractivity contribution in [3.63, 3.8) is 0 Å². The normalized spacial score (nSPS) is 26.1. The number of aromatic nitrogens is 2. The van der Waals surface area contributed by atoms with Gasteiger partial charge in [0.05, 0.1) is 31.0 Å². The van der Waals surface area contributed by atoms with Gasteiger partial charge in [-0.25, -0.2) is 23.7 Å². The standard InChI is InChI=1S/C25H31F2N5O4/c1-13(2)7-19-22-20(12-34-19)36-24(28)32-25(22,4)16-8-15(5-6-17(16)27)31-23(33)18-9-30-21(10-29-18)35-11-14(3)26/h5-6,8-10,13-14,19-20,22H,7,11-12H2,1-4H3,(H2,28,32)(H,31,33)/t14-,19+,20-,22+,25-/m1/s1. The summed E-state index contributed by atoms with van der Waals surface area (Å²) in [5.41, 5.74) is 5.55. The van der Waals surface area contributed by atoms with E-state index < -0.39 is 23.4 Å². The Balaban J connectivity index is 1.58. The van der Waals surface area contributed by atoms with Crippen molar-refractivity contribution in [3.05, 3.63) is 47.7 Å². The number of benzene rings is 1. The van der Waals surface area contributed by atoms with Crippen molar-refractivity contribution >= 4 is 17.6 Å². The average Bonchev–Trinajstić information content (AvgIpc) is 3.21. The number of ether oxygens (including phenoxy) is 3. The van der Waals surface area contributed by atoms with Crippen molar-refractivity contribution in [2.24, 2.45) is 22.6 Å². The number of rotatable bonds is 8. The number of carbonyl (C=O) groups is 1. The quantitative estimate of drug-likeness (QED) is 0.565. The van der Waals surface area contributed by atoms with Crippen LogP contribution in [0.5, 0.6) is 5.88 Å². The van der Waals surface area contributed by atoms with Crippen molar-refractivity contribution in [2.45, 2.75) is 58.0 Å². The number of hydrogen-bond donors (Lipinski definition) is 2. The van der Waals surface area contributed by atoms with Crippen molar-refractivity contribution < 1.29 is 27.8 Å². The van der Waals surface area contributed by atoms with Crippen molar-refractivity contribution in [1.29, 1.82) is 0 Å². The van der Waals surface area contributed by atoms with Gasteiger partial charge in [0, 0.05) is 11.3 Å². The molecule has 11 heteroatoms. The van der Waals surface area contributed by atoms with Crippen LogP contribution in [0.2, 0.25) is 0 Å². The zero-order valence-electron chi connectivity index (χ0n) is 20.7. The monoisotopic (exact) mass is 503 g/mol. The van der Waals surface area contributed by atoms with Crippen LogP contribution in [0.4, 0.5) is 14.5 Å². The number of aliphatic imine (C=N–C) groups is 1. The van der Waals surface area contributed by atoms with Gasteiger partial charge in [0.15, 0.2) is 0 Å². The Morgan fingerprint density at radius 3 is 2.75 bits per heavy atom. The van der Waals surface area contributed by atoms with Crippen LogP contribution >= 0.6 is 0 Å². The van der Waals surface area contributed by atoms with Gasteiger partial charge < -0.3 is 25.3 Å². The maximum atomic E-state index is 15.2. The summed E-state index contributed by atoms with van der Waals surface area (Å²) in [6.07, 6.45) is 1.52. The van der Waals surface area contributed by atoms with Crippen LogP contribution in [0.3, 0.4) is 0 Å². The predicted molar refractivity (Wildman–Crippen MR) is 129 cm³/mol. The Morgan fingerprint density at radius 1 is 1.31 bits per heavy atom. The Kier molecular flexibility index (Phi) is 7.39. The van der Waals surface area contributed by atoms with Crippen LogP contribution in [0.15, 0.2) is 35.6 Å². The second-order valence-corrected chi connectivity index (χ2v) is 9.76. The zero-order valence-corrected chi connectivity index (χ0v) is 20.7. The topological polar surface area (TPSA) is 121 Å². The first kappa shape index (κ1) is 25.7. The number of anilines is 1. The predicted octanol–water partition coefficient (Wildman–Crippen LogP) is 3.59. The molecule has 0 bridgehead atoms. The van der Waals surface area contributed by atoms with E-state index in [-0.39, 0.29) is 47.9 Å². The third-order valence-corrected chi connectivity index (χ3v) is 6.33. The molecule has 0 aliphatic carbocycles. The Morgan fingerprint density at radius 2 is 2.08 bits per heavy atom. The first-order chi connectivity index (χ1) is 17.1. The van der Waals surface area contributed by atoms with E-state index in [9.17, 15) is 9.18 Å². The molecule has 2 aliphatic heterocycles. The summed E-state index contributed by atoms with van der Waals surface area (Å²) in [5, 5.41) is 2.72. The Hall–Kier alpha value is -3.34. The molecule has 0 spiro atoms. The molecule has 0 unspecified atom stereocenters. The summed E-state index contributed by atoms with van der Waals surface area (Å²) in [6, 6.07) is 4.25. The molecule has 36 heavy (non-hydrogen) atoms. The number of fused-ring (bicyclic) bond motifs is 1. The first-order valence-corrected chi connectivity index (χ1v) is 11.9. The molecule has 5 atom stereocenters. The van der Waals surface area contributed by atoms with E-state index in [2.05, 4.69) is 34.1 Å². The van der Waals surface area contributed by atoms with Gasteiger partial charge in [0.1, 0.15) is 35.9 Å². The molecular formula is C25H31F2N5O4. The van der Waals surface area contributed by atoms with Crippen LogP contribution in [0, 0.1) is 17.7 Å². The smallest absolute Gasteiger partial charge is 0.283 e. The van der Waals surface area contributed by atoms with E-state index in [1.165, 1.54) is 31.5 Å². The molecular weight excluding hydrogens is 472 g/mol. The number of halogens is 2. The fourth-order valence-corrected chi connectivity index (χ4v) is 4.79. The van der Waals surface area contributed by atoms with E-state index in [0.29, 0.717) is 18.2 Å². The number of nitrogens with two attached hydrogens (primary N) is 1. The van der Waals surface area contributed by atoms with Gasteiger partial charge in [-0.05, 0) is 44.4 Å². The molecule has 2 aliphatic rings. The largest absolute Gasteiger partial charge is 0.473 e. The lowest BCUT2D eigenvalue weighted by Crippen LogP contribution is -2.49. The lowest BCUT2D eigenvalue weighted by Gasteiger charge is -2.41. The second kappa shape index (κ2) is 10.3. The molecule has 1 fully saturated rings. The van der Waals surface area contributed by atoms with Crippen LogP contribution in [0.25, 0.3) is 0 Å². The minimum absolute atomic E-state index is 0.0160. The van der Waals surface area contributed by atoms with Gasteiger partial charge in [0.25, 0.3) is 11.9 Å². The average molecular weight is 504 g/mol. The maximum absolute atomic E-state index is 15.2. The van der Waals surface area contributed by atoms with Gasteiger partial charge in [0.2, 0.25) is 5.88 Å². The van der Waals surface area contributed by atoms with E-state index in [0.717, 1.165) is 6.42 Å². The lowest BCUT2D eigenvalue weighted by atomic mass is 9.72. The highest BCUT2D eigenvalue weighted by molar-refractivity contribution is 6.02. The summed E-state index contributed by atoms with van der Waals surface area (Å²) < 4.78 is 45.1. The minimum Gasteiger partial charge on any atom is -0.473 e. The summed E-state index contributed by atoms with van der Waals surface area (Å²) in [7, 11) is 0. The second-order valence-electron chi connectivity index (χ2n) is 9.76. The molecule has 9 nitrogen and oxygen atoms in total. The molecule has 1 saturated heterocycles. The van der Waals surface area contributed by atoms with Crippen molar-refractivity contribution in [1.82, 2.24) is 9.97 Å². The minimum atomic E-state index is -1.16. The van der Waals surface area contributed by atoms with Crippen molar-refractivity contribution in [2.75, 3.05) is 18.5 Å². The van der Waals surface area contributed by atoms with E-state index in [1.807, 2.05) is 6.92 Å². The van der Waals surface area contributed by atoms with Crippen LogP contribution in [-0.2, 0) is 15.0 Å². The first-order valence-electron chi connectivity index (χ1n) is 11.9. The number of amidine groups is 1. The molecule has 1 aromatic carbocycles. The van der Waals surface area contributed by atoms with Crippen LogP contribution in [-0.4, -0.2) is 53.5 Å². The molecule has 2 aromatic rings. The summed E-state index contributed by atoms with van der Waals surface area (Å²) in [5.74, 6) is -0.836. The zero-order chi connectivity index (χ0) is 26.0. The molecule has 3 N–H and O–H groups in total. The fraction of sp³-hybridized carbons (Fsp3) is 0.520. The van der Waals surface area contributed by atoms with E-state index in [4.69, 9.17) is 19.9 Å². The van der Waals surface area contributed by atoms with Gasteiger partial charge in [-0.15, -0.1) is 0 Å². The Bertz CT molecular complexity index is 1130. The molecule has 0 radical (unpaired) electrons. The van der Waals surface area contributed by atoms with Gasteiger partial charge in [-0.2, -0.15) is 0 Å². The number of nitrogens with one attached hydrogen (secondary N) is 1. The van der Waals surface area contributed by atoms with Crippen LogP contribution in [0.1, 0.15) is 50.2 Å². The molecule has 1 aromatic heterocycles. The number of carbonyl (C=O) groups excluding carboxylic acids is 1. The number of hydrogen-bond acceptors (Lipinski definition) is 8. The highest BCUT2D eigenvalue weighted by Crippen LogP contribution is 2.47. The third kappa shape index (κ3) is 5.40. The molecule has 0 saturated carbocycles. The van der Waals surface area contributed by atoms with E-state index in [1.54, 1.807) is 6.07 Å². The van der Waals surface area contributed by atoms with E-state index >= 15 is 4.39 Å². The molecule has 1 amide bonds. The summed E-state index contributed by atoms with van der Waals surface area (Å²) in [4.78, 5) is 25.3. The van der Waals surface area contributed by atoms with Crippen molar-refractivity contribution in [3.8, 4) is 5.88 Å². The molecule has 3 heterocycles. The number of amides is 1. The summed E-state index contributed by atoms with van der Waals surface area (Å²) >= 11 is 0. The molecule has 194 valence electrons. The summed E-state index contributed by atoms with van der Waals surface area (Å²) in [6.45, 7) is 7.53. The Labute approximate surface area is 208 Å².